The van der Waals surface area contributed by atoms with Crippen molar-refractivity contribution >= 4 is 17.6 Å². The summed E-state index contributed by atoms with van der Waals surface area (Å²) in [5, 5.41) is 0. The van der Waals surface area contributed by atoms with Gasteiger partial charge in [0.2, 0.25) is 0 Å². The number of carbonyl (C=O) groups is 2. The molecule has 0 bridgehead atoms. The second-order valence-corrected chi connectivity index (χ2v) is 4.34. The molecule has 0 saturated carbocycles. The van der Waals surface area contributed by atoms with E-state index in [9.17, 15) is 9.59 Å². The molecule has 1 heterocycles. The maximum atomic E-state index is 11.6. The first-order chi connectivity index (χ1) is 8.09. The van der Waals surface area contributed by atoms with E-state index in [1.807, 2.05) is 24.3 Å². The monoisotopic (exact) mass is 233 g/mol. The summed E-state index contributed by atoms with van der Waals surface area (Å²) in [6, 6.07) is 7.69. The molecule has 90 valence electrons. The molecule has 0 spiro atoms. The molecular formula is C13H15NO3. The molecule has 0 aromatic heterocycles. The van der Waals surface area contributed by atoms with Gasteiger partial charge in [0.05, 0.1) is 6.54 Å². The minimum absolute atomic E-state index is 0.260. The van der Waals surface area contributed by atoms with Crippen molar-refractivity contribution in [3.63, 3.8) is 0 Å². The lowest BCUT2D eigenvalue weighted by atomic mass is 10.0. The molecule has 1 aromatic rings. The first kappa shape index (κ1) is 11.6. The van der Waals surface area contributed by atoms with E-state index < -0.39 is 11.9 Å². The van der Waals surface area contributed by atoms with E-state index in [0.29, 0.717) is 12.5 Å². The lowest BCUT2D eigenvalue weighted by molar-refractivity contribution is -0.156. The number of carbonyl (C=O) groups excluding carboxylic acids is 2. The highest BCUT2D eigenvalue weighted by Crippen LogP contribution is 2.21. The van der Waals surface area contributed by atoms with Crippen LogP contribution in [0.5, 0.6) is 0 Å². The van der Waals surface area contributed by atoms with Crippen LogP contribution in [0.1, 0.15) is 25.3 Å². The molecule has 0 N–H and O–H groups in total. The van der Waals surface area contributed by atoms with Crippen LogP contribution >= 0.6 is 0 Å². The Morgan fingerprint density at radius 1 is 1.18 bits per heavy atom. The first-order valence-electron chi connectivity index (χ1n) is 5.68. The summed E-state index contributed by atoms with van der Waals surface area (Å²) in [5.74, 6) is -0.913. The predicted octanol–water partition coefficient (Wildman–Crippen LogP) is 1.70. The number of rotatable bonds is 2. The van der Waals surface area contributed by atoms with Crippen LogP contribution in [0.3, 0.4) is 0 Å². The topological polar surface area (TPSA) is 46.6 Å². The second kappa shape index (κ2) is 4.57. The summed E-state index contributed by atoms with van der Waals surface area (Å²) >= 11 is 0. The minimum atomic E-state index is -0.774. The van der Waals surface area contributed by atoms with Crippen molar-refractivity contribution in [3.8, 4) is 0 Å². The van der Waals surface area contributed by atoms with Gasteiger partial charge in [-0.3, -0.25) is 9.69 Å². The molecule has 1 amide bonds. The maximum absolute atomic E-state index is 11.6. The maximum Gasteiger partial charge on any atom is 0.397 e. The molecular weight excluding hydrogens is 218 g/mol. The van der Waals surface area contributed by atoms with Crippen molar-refractivity contribution in [3.05, 3.63) is 29.8 Å². The van der Waals surface area contributed by atoms with Gasteiger partial charge in [-0.05, 0) is 23.6 Å². The number of nitrogens with zero attached hydrogens (tertiary/aromatic N) is 1. The van der Waals surface area contributed by atoms with E-state index in [-0.39, 0.29) is 6.61 Å². The van der Waals surface area contributed by atoms with Gasteiger partial charge in [0.15, 0.2) is 0 Å². The largest absolute Gasteiger partial charge is 0.457 e. The Bertz CT molecular complexity index is 436. The zero-order valence-electron chi connectivity index (χ0n) is 9.97. The Hall–Kier alpha value is -1.84. The van der Waals surface area contributed by atoms with Gasteiger partial charge in [-0.15, -0.1) is 0 Å². The van der Waals surface area contributed by atoms with Crippen molar-refractivity contribution in [1.82, 2.24) is 0 Å². The summed E-state index contributed by atoms with van der Waals surface area (Å²) in [6.07, 6.45) is 0. The lowest BCUT2D eigenvalue weighted by Crippen LogP contribution is -2.45. The molecule has 4 heteroatoms. The van der Waals surface area contributed by atoms with Crippen LogP contribution < -0.4 is 4.90 Å². The first-order valence-corrected chi connectivity index (χ1v) is 5.68. The molecule has 1 saturated heterocycles. The Morgan fingerprint density at radius 3 is 2.41 bits per heavy atom. The molecule has 1 aliphatic heterocycles. The normalized spacial score (nSPS) is 16.3. The molecule has 2 rings (SSSR count). The van der Waals surface area contributed by atoms with Crippen LogP contribution in [0, 0.1) is 0 Å². The number of cyclic esters (lactones) is 1. The highest BCUT2D eigenvalue weighted by Gasteiger charge is 2.29. The van der Waals surface area contributed by atoms with Gasteiger partial charge >= 0.3 is 11.9 Å². The van der Waals surface area contributed by atoms with Crippen molar-refractivity contribution in [1.29, 1.82) is 0 Å². The van der Waals surface area contributed by atoms with Crippen molar-refractivity contribution in [2.75, 3.05) is 18.1 Å². The third-order valence-corrected chi connectivity index (χ3v) is 2.84. The Morgan fingerprint density at radius 2 is 1.82 bits per heavy atom. The molecule has 4 nitrogen and oxygen atoms in total. The van der Waals surface area contributed by atoms with Crippen LogP contribution in [0.4, 0.5) is 5.69 Å². The molecule has 1 aliphatic rings. The van der Waals surface area contributed by atoms with Crippen molar-refractivity contribution in [2.24, 2.45) is 0 Å². The van der Waals surface area contributed by atoms with Gasteiger partial charge < -0.3 is 4.74 Å². The third kappa shape index (κ3) is 2.30. The predicted molar refractivity (Wildman–Crippen MR) is 63.8 cm³/mol. The fourth-order valence-electron chi connectivity index (χ4n) is 1.79. The van der Waals surface area contributed by atoms with Gasteiger partial charge in [-0.2, -0.15) is 0 Å². The quantitative estimate of drug-likeness (QED) is 0.577. The van der Waals surface area contributed by atoms with Gasteiger partial charge in [-0.25, -0.2) is 4.79 Å². The van der Waals surface area contributed by atoms with Crippen LogP contribution in [0.15, 0.2) is 24.3 Å². The highest BCUT2D eigenvalue weighted by molar-refractivity contribution is 6.38. The van der Waals surface area contributed by atoms with E-state index in [2.05, 4.69) is 18.6 Å². The Balaban J connectivity index is 2.22. The zero-order valence-corrected chi connectivity index (χ0v) is 9.97. The molecule has 1 aromatic carbocycles. The van der Waals surface area contributed by atoms with Gasteiger partial charge in [-0.1, -0.05) is 26.0 Å². The fourth-order valence-corrected chi connectivity index (χ4v) is 1.79. The van der Waals surface area contributed by atoms with Crippen LogP contribution in [0.2, 0.25) is 0 Å². The number of esters is 1. The number of hydrogen-bond acceptors (Lipinski definition) is 3. The summed E-state index contributed by atoms with van der Waals surface area (Å²) in [7, 11) is 0. The van der Waals surface area contributed by atoms with Crippen LogP contribution in [-0.4, -0.2) is 25.0 Å². The molecule has 0 unspecified atom stereocenters. The number of ether oxygens (including phenoxy) is 1. The van der Waals surface area contributed by atoms with Crippen LogP contribution in [0.25, 0.3) is 0 Å². The minimum Gasteiger partial charge on any atom is -0.457 e. The number of amides is 1. The summed E-state index contributed by atoms with van der Waals surface area (Å²) in [6.45, 7) is 4.90. The summed E-state index contributed by atoms with van der Waals surface area (Å²) in [4.78, 5) is 24.2. The summed E-state index contributed by atoms with van der Waals surface area (Å²) < 4.78 is 4.67. The zero-order chi connectivity index (χ0) is 12.4. The van der Waals surface area contributed by atoms with Crippen LogP contribution in [-0.2, 0) is 14.3 Å². The number of benzene rings is 1. The summed E-state index contributed by atoms with van der Waals surface area (Å²) in [5.41, 5.74) is 1.96. The number of hydrogen-bond donors (Lipinski definition) is 0. The molecule has 0 aliphatic carbocycles. The smallest absolute Gasteiger partial charge is 0.397 e. The molecule has 0 radical (unpaired) electrons. The SMILES string of the molecule is CC(C)c1ccc(N2CCOC(=O)C2=O)cc1. The lowest BCUT2D eigenvalue weighted by Gasteiger charge is -2.25. The number of anilines is 1. The Kier molecular flexibility index (Phi) is 3.13. The molecule has 17 heavy (non-hydrogen) atoms. The second-order valence-electron chi connectivity index (χ2n) is 4.34. The van der Waals surface area contributed by atoms with Gasteiger partial charge in [0, 0.05) is 5.69 Å². The Labute approximate surface area is 100 Å². The van der Waals surface area contributed by atoms with Crippen molar-refractivity contribution in [2.45, 2.75) is 19.8 Å². The van der Waals surface area contributed by atoms with Gasteiger partial charge in [0.25, 0.3) is 0 Å². The molecule has 1 fully saturated rings. The molecule has 0 atom stereocenters. The number of morpholine rings is 1. The van der Waals surface area contributed by atoms with Crippen molar-refractivity contribution < 1.29 is 14.3 Å². The highest BCUT2D eigenvalue weighted by atomic mass is 16.5. The van der Waals surface area contributed by atoms with E-state index >= 15 is 0 Å². The third-order valence-electron chi connectivity index (χ3n) is 2.84. The van der Waals surface area contributed by atoms with E-state index in [0.717, 1.165) is 5.69 Å². The van der Waals surface area contributed by atoms with E-state index in [4.69, 9.17) is 0 Å². The van der Waals surface area contributed by atoms with E-state index in [1.54, 1.807) is 0 Å². The fraction of sp³-hybridized carbons (Fsp3) is 0.385. The standard InChI is InChI=1S/C13H15NO3/c1-9(2)10-3-5-11(6-4-10)14-7-8-17-13(16)12(14)15/h3-6,9H,7-8H2,1-2H3. The van der Waals surface area contributed by atoms with E-state index in [1.165, 1.54) is 10.5 Å². The average Bonchev–Trinajstić information content (AvgIpc) is 2.33. The average molecular weight is 233 g/mol. The van der Waals surface area contributed by atoms with Gasteiger partial charge in [0.1, 0.15) is 6.61 Å².